The van der Waals surface area contributed by atoms with Crippen LogP contribution in [0.4, 0.5) is 8.78 Å². The van der Waals surface area contributed by atoms with E-state index < -0.39 is 11.8 Å². The number of aryl methyl sites for hydroxylation is 1. The monoisotopic (exact) mass is 648 g/mol. The highest BCUT2D eigenvalue weighted by molar-refractivity contribution is 6.30. The molecule has 1 saturated carbocycles. The van der Waals surface area contributed by atoms with Gasteiger partial charge in [0.25, 0.3) is 0 Å². The number of hydrogen-bond acceptors (Lipinski definition) is 7. The van der Waals surface area contributed by atoms with Gasteiger partial charge in [-0.1, -0.05) is 17.7 Å². The molecule has 13 heteroatoms. The Kier molecular flexibility index (Phi) is 7.85. The minimum atomic E-state index is -1.05. The number of carbonyl (C=O) groups is 1. The molecule has 1 aliphatic heterocycles. The number of aromatic nitrogens is 5. The Labute approximate surface area is 268 Å². The van der Waals surface area contributed by atoms with Crippen molar-refractivity contribution in [1.29, 1.82) is 0 Å². The third-order valence-corrected chi connectivity index (χ3v) is 9.25. The van der Waals surface area contributed by atoms with Crippen LogP contribution < -0.4 is 9.47 Å². The van der Waals surface area contributed by atoms with Gasteiger partial charge in [-0.15, -0.1) is 0 Å². The largest absolute Gasteiger partial charge is 0.494 e. The third-order valence-electron chi connectivity index (χ3n) is 9.01. The minimum Gasteiger partial charge on any atom is -0.494 e. The van der Waals surface area contributed by atoms with E-state index in [9.17, 15) is 18.7 Å². The van der Waals surface area contributed by atoms with E-state index in [4.69, 9.17) is 26.1 Å². The number of carboxylic acid groups (broad SMARTS) is 1. The lowest BCUT2D eigenvalue weighted by molar-refractivity contribution is 0.0696. The number of imidazole rings is 2. The van der Waals surface area contributed by atoms with Crippen molar-refractivity contribution >= 4 is 28.6 Å². The molecule has 0 spiro atoms. The molecular weight excluding hydrogens is 618 g/mol. The van der Waals surface area contributed by atoms with Crippen molar-refractivity contribution in [3.63, 3.8) is 0 Å². The topological polar surface area (TPSA) is 108 Å². The maximum Gasteiger partial charge on any atom is 0.335 e. The lowest BCUT2D eigenvalue weighted by atomic mass is 10.1. The zero-order chi connectivity index (χ0) is 32.1. The second-order valence-electron chi connectivity index (χ2n) is 11.7. The Morgan fingerprint density at radius 1 is 1.07 bits per heavy atom. The van der Waals surface area contributed by atoms with E-state index in [1.807, 2.05) is 16.1 Å². The molecule has 46 heavy (non-hydrogen) atoms. The molecule has 1 saturated heterocycles. The molecule has 2 fully saturated rings. The van der Waals surface area contributed by atoms with Gasteiger partial charge in [-0.2, -0.15) is 0 Å². The Balaban J connectivity index is 1.10. The number of fused-ring (bicyclic) bond motifs is 2. The average Bonchev–Trinajstić information content (AvgIpc) is 3.38. The van der Waals surface area contributed by atoms with Crippen LogP contribution in [0.3, 0.4) is 0 Å². The van der Waals surface area contributed by atoms with Crippen LogP contribution >= 0.6 is 11.6 Å². The van der Waals surface area contributed by atoms with Gasteiger partial charge in [0.1, 0.15) is 35.3 Å². The summed E-state index contributed by atoms with van der Waals surface area (Å²) in [5.41, 5.74) is 3.04. The summed E-state index contributed by atoms with van der Waals surface area (Å²) in [7, 11) is 1.50. The molecule has 0 radical (unpaired) electrons. The molecule has 7 rings (SSSR count). The highest BCUT2D eigenvalue weighted by atomic mass is 35.5. The van der Waals surface area contributed by atoms with Gasteiger partial charge in [0, 0.05) is 48.4 Å². The molecule has 2 aromatic carbocycles. The van der Waals surface area contributed by atoms with Crippen molar-refractivity contribution in [2.45, 2.75) is 39.1 Å². The van der Waals surface area contributed by atoms with Gasteiger partial charge in [-0.25, -0.2) is 28.5 Å². The van der Waals surface area contributed by atoms with Crippen LogP contribution in [0.5, 0.6) is 11.6 Å². The highest BCUT2D eigenvalue weighted by Gasteiger charge is 2.57. The zero-order valence-corrected chi connectivity index (χ0v) is 25.9. The Morgan fingerprint density at radius 2 is 1.87 bits per heavy atom. The number of carboxylic acids is 1. The molecular formula is C33H31ClF2N6O4. The van der Waals surface area contributed by atoms with Crippen molar-refractivity contribution in [3.05, 3.63) is 100.0 Å². The van der Waals surface area contributed by atoms with E-state index in [0.717, 1.165) is 31.2 Å². The van der Waals surface area contributed by atoms with E-state index in [-0.39, 0.29) is 41.6 Å². The first-order valence-electron chi connectivity index (χ1n) is 15.0. The summed E-state index contributed by atoms with van der Waals surface area (Å²) in [5.74, 6) is -0.102. The Morgan fingerprint density at radius 3 is 2.59 bits per heavy atom. The number of halogens is 3. The highest BCUT2D eigenvalue weighted by Crippen LogP contribution is 2.58. The molecule has 2 atom stereocenters. The Bertz CT molecular complexity index is 1950. The molecule has 4 heterocycles. The van der Waals surface area contributed by atoms with Crippen LogP contribution in [0.2, 0.25) is 5.02 Å². The van der Waals surface area contributed by atoms with Crippen LogP contribution in [0, 0.1) is 23.5 Å². The number of nitrogens with zero attached hydrogens (tertiary/aromatic N) is 6. The summed E-state index contributed by atoms with van der Waals surface area (Å²) in [4.78, 5) is 27.9. The smallest absolute Gasteiger partial charge is 0.335 e. The van der Waals surface area contributed by atoms with Crippen molar-refractivity contribution in [2.24, 2.45) is 11.8 Å². The van der Waals surface area contributed by atoms with Crippen LogP contribution in [-0.4, -0.2) is 60.3 Å². The predicted octanol–water partition coefficient (Wildman–Crippen LogP) is 5.76. The van der Waals surface area contributed by atoms with Crippen molar-refractivity contribution in [2.75, 3.05) is 20.2 Å². The summed E-state index contributed by atoms with van der Waals surface area (Å²) >= 11 is 5.84. The molecule has 2 unspecified atom stereocenters. The van der Waals surface area contributed by atoms with Crippen LogP contribution in [0.25, 0.3) is 11.0 Å². The standard InChI is InChI=1S/C33H31ClF2N6O4/c1-3-41-17-37-11-21(41)12-42-26-8-19(33(43)44)9-27(45-2)32(26)38-28(42)15-40-13-22-23(14-40)30(22)31-24(35)6-7-29(39-31)46-16-18-4-5-20(34)10-25(18)36/h4-11,17,22-23,30H,3,12-16H2,1-2H3,(H,43,44). The van der Waals surface area contributed by atoms with Crippen LogP contribution in [0.15, 0.2) is 55.0 Å². The SMILES string of the molecule is CCn1cncc1Cn1c(CN2CC3C(C2)C3c2nc(OCc3ccc(Cl)cc3F)ccc2F)nc2c(OC)cc(C(=O)O)cc21. The molecule has 0 amide bonds. The number of ether oxygens (including phenoxy) is 2. The summed E-state index contributed by atoms with van der Waals surface area (Å²) in [6.07, 6.45) is 3.58. The van der Waals surface area contributed by atoms with Crippen LogP contribution in [-0.2, 0) is 26.2 Å². The van der Waals surface area contributed by atoms with E-state index in [1.54, 1.807) is 30.7 Å². The molecule has 2 aliphatic rings. The Hall–Kier alpha value is -4.55. The van der Waals surface area contributed by atoms with Gasteiger partial charge < -0.3 is 23.7 Å². The maximum absolute atomic E-state index is 15.0. The number of pyridine rings is 1. The number of hydrogen-bond donors (Lipinski definition) is 1. The first-order chi connectivity index (χ1) is 22.2. The number of piperidine rings is 1. The predicted molar refractivity (Wildman–Crippen MR) is 165 cm³/mol. The first-order valence-corrected chi connectivity index (χ1v) is 15.4. The normalized spacial score (nSPS) is 19.0. The van der Waals surface area contributed by atoms with E-state index in [0.29, 0.717) is 46.2 Å². The number of rotatable bonds is 11. The molecule has 3 aromatic heterocycles. The fraction of sp³-hybridized carbons (Fsp3) is 0.333. The number of likely N-dealkylation sites (tertiary alicyclic amines) is 1. The van der Waals surface area contributed by atoms with E-state index in [1.165, 1.54) is 31.4 Å². The van der Waals surface area contributed by atoms with Gasteiger partial charge in [-0.3, -0.25) is 4.90 Å². The van der Waals surface area contributed by atoms with Gasteiger partial charge in [0.05, 0.1) is 49.0 Å². The fourth-order valence-corrected chi connectivity index (χ4v) is 6.79. The first kappa shape index (κ1) is 30.1. The quantitative estimate of drug-likeness (QED) is 0.193. The maximum atomic E-state index is 15.0. The van der Waals surface area contributed by atoms with Gasteiger partial charge in [0.15, 0.2) is 0 Å². The number of methoxy groups -OCH3 is 1. The molecule has 1 aliphatic carbocycles. The second-order valence-corrected chi connectivity index (χ2v) is 12.2. The number of benzene rings is 2. The number of aromatic carboxylic acids is 1. The lowest BCUT2D eigenvalue weighted by Crippen LogP contribution is -2.26. The van der Waals surface area contributed by atoms with Gasteiger partial charge >= 0.3 is 5.97 Å². The third kappa shape index (κ3) is 5.56. The summed E-state index contributed by atoms with van der Waals surface area (Å²) in [5, 5.41) is 10.1. The van der Waals surface area contributed by atoms with Gasteiger partial charge in [-0.05, 0) is 49.1 Å². The van der Waals surface area contributed by atoms with Crippen LogP contribution in [0.1, 0.15) is 46.0 Å². The molecule has 5 aromatic rings. The molecule has 1 N–H and O–H groups in total. The van der Waals surface area contributed by atoms with Crippen molar-refractivity contribution in [3.8, 4) is 11.6 Å². The van der Waals surface area contributed by atoms with E-state index in [2.05, 4.69) is 14.9 Å². The zero-order valence-electron chi connectivity index (χ0n) is 25.2. The van der Waals surface area contributed by atoms with Crippen molar-refractivity contribution < 1.29 is 28.2 Å². The molecule has 0 bridgehead atoms. The van der Waals surface area contributed by atoms with Gasteiger partial charge in [0.2, 0.25) is 5.88 Å². The summed E-state index contributed by atoms with van der Waals surface area (Å²) in [6.45, 7) is 5.16. The minimum absolute atomic E-state index is 0.0389. The lowest BCUT2D eigenvalue weighted by Gasteiger charge is -2.20. The summed E-state index contributed by atoms with van der Waals surface area (Å²) < 4.78 is 44.5. The average molecular weight is 649 g/mol. The van der Waals surface area contributed by atoms with E-state index >= 15 is 0 Å². The molecule has 238 valence electrons. The fourth-order valence-electron chi connectivity index (χ4n) is 6.63. The summed E-state index contributed by atoms with van der Waals surface area (Å²) in [6, 6.07) is 10.3. The van der Waals surface area contributed by atoms with Crippen molar-refractivity contribution in [1.82, 2.24) is 29.0 Å². The second kappa shape index (κ2) is 12.0. The molecule has 10 nitrogen and oxygen atoms in total.